The van der Waals surface area contributed by atoms with Gasteiger partial charge in [-0.1, -0.05) is 31.5 Å². The Morgan fingerprint density at radius 2 is 1.50 bits per heavy atom. The maximum atomic E-state index is 5.38. The van der Waals surface area contributed by atoms with E-state index < -0.39 is 0 Å². The van der Waals surface area contributed by atoms with Gasteiger partial charge in [-0.15, -0.1) is 0 Å². The molecule has 0 aromatic rings. The molecule has 0 aliphatic rings. The number of thiocarbonyl (C=S) groups is 2. The van der Waals surface area contributed by atoms with Crippen LogP contribution >= 0.6 is 24.4 Å². The van der Waals surface area contributed by atoms with E-state index in [1.807, 2.05) is 0 Å². The minimum atomic E-state index is 0.387. The zero-order valence-electron chi connectivity index (χ0n) is 8.42. The largest absolute Gasteiger partial charge is 0.393 e. The van der Waals surface area contributed by atoms with Gasteiger partial charge in [0.05, 0.1) is 4.99 Å². The molecule has 14 heavy (non-hydrogen) atoms. The predicted molar refractivity (Wildman–Crippen MR) is 69.3 cm³/mol. The third-order valence-electron chi connectivity index (χ3n) is 1.90. The first kappa shape index (κ1) is 13.6. The first-order chi connectivity index (χ1) is 6.63. The Balaban J connectivity index is 2.99. The Bertz CT molecular complexity index is 163. The fourth-order valence-electron chi connectivity index (χ4n) is 1.17. The summed E-state index contributed by atoms with van der Waals surface area (Å²) < 4.78 is 0. The summed E-state index contributed by atoms with van der Waals surface area (Å²) in [6, 6.07) is 0. The molecule has 0 spiro atoms. The summed E-state index contributed by atoms with van der Waals surface area (Å²) in [7, 11) is 0. The molecule has 0 atom stereocenters. The van der Waals surface area contributed by atoms with Crippen LogP contribution < -0.4 is 16.8 Å². The zero-order valence-corrected chi connectivity index (χ0v) is 10.1. The van der Waals surface area contributed by atoms with Crippen molar-refractivity contribution in [2.24, 2.45) is 11.5 Å². The van der Waals surface area contributed by atoms with Gasteiger partial charge in [0.15, 0.2) is 5.11 Å². The normalized spacial score (nSPS) is 9.71. The van der Waals surface area contributed by atoms with Crippen LogP contribution in [0.1, 0.15) is 38.5 Å². The second kappa shape index (κ2) is 9.15. The van der Waals surface area contributed by atoms with Crippen molar-refractivity contribution in [2.45, 2.75) is 38.5 Å². The van der Waals surface area contributed by atoms with Crippen molar-refractivity contribution < 1.29 is 0 Å². The van der Waals surface area contributed by atoms with E-state index >= 15 is 0 Å². The lowest BCUT2D eigenvalue weighted by atomic mass is 10.1. The minimum Gasteiger partial charge on any atom is -0.393 e. The molecule has 0 saturated heterocycles. The number of rotatable bonds is 8. The summed E-state index contributed by atoms with van der Waals surface area (Å²) in [6.07, 6.45) is 6.72. The fraction of sp³-hybridized carbons (Fsp3) is 0.778. The molecular weight excluding hydrogens is 214 g/mol. The molecule has 0 unspecified atom stereocenters. The number of nitrogens with one attached hydrogen (secondary N) is 1. The summed E-state index contributed by atoms with van der Waals surface area (Å²) in [5, 5.41) is 3.31. The van der Waals surface area contributed by atoms with Crippen LogP contribution in [0.3, 0.4) is 0 Å². The van der Waals surface area contributed by atoms with E-state index in [4.69, 9.17) is 23.7 Å². The monoisotopic (exact) mass is 233 g/mol. The highest BCUT2D eigenvalue weighted by Crippen LogP contribution is 2.04. The summed E-state index contributed by atoms with van der Waals surface area (Å²) in [5.74, 6) is 0. The molecule has 82 valence electrons. The number of hydrogen-bond acceptors (Lipinski definition) is 2. The van der Waals surface area contributed by atoms with Crippen LogP contribution in [-0.4, -0.2) is 16.6 Å². The maximum Gasteiger partial charge on any atom is 0.163 e. The standard InChI is InChI=1S/C9H19N3S2/c10-8(13)6-4-2-1-3-5-7-12-9(11)14/h1-7H2,(H2,10,13)(H3,11,12,14). The fourth-order valence-corrected chi connectivity index (χ4v) is 1.41. The molecule has 0 aromatic heterocycles. The van der Waals surface area contributed by atoms with E-state index in [9.17, 15) is 0 Å². The Kier molecular flexibility index (Phi) is 8.87. The van der Waals surface area contributed by atoms with Gasteiger partial charge in [-0.3, -0.25) is 0 Å². The van der Waals surface area contributed by atoms with Gasteiger partial charge in [-0.25, -0.2) is 0 Å². The smallest absolute Gasteiger partial charge is 0.163 e. The highest BCUT2D eigenvalue weighted by Gasteiger charge is 1.93. The van der Waals surface area contributed by atoms with Crippen LogP contribution in [-0.2, 0) is 0 Å². The molecule has 0 aliphatic heterocycles. The lowest BCUT2D eigenvalue weighted by Gasteiger charge is -2.03. The van der Waals surface area contributed by atoms with Gasteiger partial charge in [-0.05, 0) is 31.5 Å². The third-order valence-corrected chi connectivity index (χ3v) is 2.25. The van der Waals surface area contributed by atoms with Gasteiger partial charge in [0, 0.05) is 6.54 Å². The predicted octanol–water partition coefficient (Wildman–Crippen LogP) is 1.45. The minimum absolute atomic E-state index is 0.387. The molecule has 5 heteroatoms. The van der Waals surface area contributed by atoms with Crippen molar-refractivity contribution in [3.8, 4) is 0 Å². The van der Waals surface area contributed by atoms with Crippen LogP contribution in [0, 0.1) is 0 Å². The van der Waals surface area contributed by atoms with E-state index in [0.29, 0.717) is 10.1 Å². The van der Waals surface area contributed by atoms with Crippen molar-refractivity contribution in [3.63, 3.8) is 0 Å². The Hall–Kier alpha value is -0.420. The highest BCUT2D eigenvalue weighted by molar-refractivity contribution is 7.80. The second-order valence-electron chi connectivity index (χ2n) is 3.28. The molecule has 0 radical (unpaired) electrons. The number of hydrogen-bond donors (Lipinski definition) is 3. The summed E-state index contributed by atoms with van der Waals surface area (Å²) in [5.41, 5.74) is 10.7. The van der Waals surface area contributed by atoms with Crippen molar-refractivity contribution >= 4 is 34.5 Å². The summed E-state index contributed by atoms with van der Waals surface area (Å²) in [6.45, 7) is 0.880. The Morgan fingerprint density at radius 3 is 2.07 bits per heavy atom. The molecule has 5 N–H and O–H groups in total. The molecule has 0 aliphatic carbocycles. The van der Waals surface area contributed by atoms with Gasteiger partial charge in [0.2, 0.25) is 0 Å². The SMILES string of the molecule is NC(=S)CCCCCCCNC(N)=S. The quantitative estimate of drug-likeness (QED) is 0.437. The van der Waals surface area contributed by atoms with Crippen molar-refractivity contribution in [1.29, 1.82) is 0 Å². The molecule has 0 fully saturated rings. The highest BCUT2D eigenvalue weighted by atomic mass is 32.1. The lowest BCUT2D eigenvalue weighted by molar-refractivity contribution is 0.616. The lowest BCUT2D eigenvalue weighted by Crippen LogP contribution is -2.29. The van der Waals surface area contributed by atoms with Gasteiger partial charge in [0.1, 0.15) is 0 Å². The Labute approximate surface area is 96.6 Å². The van der Waals surface area contributed by atoms with Gasteiger partial charge >= 0.3 is 0 Å². The van der Waals surface area contributed by atoms with Crippen LogP contribution in [0.25, 0.3) is 0 Å². The summed E-state index contributed by atoms with van der Waals surface area (Å²) >= 11 is 9.47. The average molecular weight is 233 g/mol. The molecular formula is C9H19N3S2. The molecule has 3 nitrogen and oxygen atoms in total. The van der Waals surface area contributed by atoms with E-state index in [1.165, 1.54) is 19.3 Å². The molecule has 0 bridgehead atoms. The van der Waals surface area contributed by atoms with Crippen LogP contribution in [0.2, 0.25) is 0 Å². The Morgan fingerprint density at radius 1 is 0.929 bits per heavy atom. The van der Waals surface area contributed by atoms with E-state index in [1.54, 1.807) is 0 Å². The first-order valence-corrected chi connectivity index (χ1v) is 5.76. The topological polar surface area (TPSA) is 64.1 Å². The number of nitrogens with two attached hydrogens (primary N) is 2. The van der Waals surface area contributed by atoms with Crippen LogP contribution in [0.5, 0.6) is 0 Å². The molecule has 0 heterocycles. The number of unbranched alkanes of at least 4 members (excludes halogenated alkanes) is 4. The second-order valence-corrected chi connectivity index (χ2v) is 4.24. The third kappa shape index (κ3) is 11.6. The molecule has 0 aromatic carbocycles. The van der Waals surface area contributed by atoms with Gasteiger partial charge < -0.3 is 16.8 Å². The zero-order chi connectivity index (χ0) is 10.8. The first-order valence-electron chi connectivity index (χ1n) is 4.94. The van der Waals surface area contributed by atoms with Crippen molar-refractivity contribution in [1.82, 2.24) is 5.32 Å². The van der Waals surface area contributed by atoms with Crippen molar-refractivity contribution in [2.75, 3.05) is 6.54 Å². The van der Waals surface area contributed by atoms with Gasteiger partial charge in [0.25, 0.3) is 0 Å². The van der Waals surface area contributed by atoms with E-state index in [2.05, 4.69) is 17.5 Å². The molecule has 0 amide bonds. The average Bonchev–Trinajstić information content (AvgIpc) is 2.08. The van der Waals surface area contributed by atoms with Crippen LogP contribution in [0.15, 0.2) is 0 Å². The van der Waals surface area contributed by atoms with Crippen molar-refractivity contribution in [3.05, 3.63) is 0 Å². The maximum absolute atomic E-state index is 5.38. The van der Waals surface area contributed by atoms with E-state index in [0.717, 1.165) is 25.8 Å². The summed E-state index contributed by atoms with van der Waals surface area (Å²) in [4.78, 5) is 0.625. The van der Waals surface area contributed by atoms with Crippen LogP contribution in [0.4, 0.5) is 0 Å². The molecule has 0 saturated carbocycles. The van der Waals surface area contributed by atoms with E-state index in [-0.39, 0.29) is 0 Å². The van der Waals surface area contributed by atoms with Gasteiger partial charge in [-0.2, -0.15) is 0 Å². The molecule has 0 rings (SSSR count).